The van der Waals surface area contributed by atoms with Gasteiger partial charge in [0.2, 0.25) is 5.91 Å². The fourth-order valence-electron chi connectivity index (χ4n) is 2.93. The highest BCUT2D eigenvalue weighted by atomic mass is 16.5. The van der Waals surface area contributed by atoms with Gasteiger partial charge in [0.15, 0.2) is 0 Å². The first-order valence-corrected chi connectivity index (χ1v) is 8.07. The third kappa shape index (κ3) is 3.30. The van der Waals surface area contributed by atoms with Crippen LogP contribution in [0.15, 0.2) is 48.5 Å². The lowest BCUT2D eigenvalue weighted by Crippen LogP contribution is -2.53. The highest BCUT2D eigenvalue weighted by molar-refractivity contribution is 5.97. The molecule has 0 radical (unpaired) electrons. The molecule has 1 unspecified atom stereocenters. The number of anilines is 3. The van der Waals surface area contributed by atoms with Crippen LogP contribution in [0, 0.1) is 0 Å². The lowest BCUT2D eigenvalue weighted by atomic mass is 10.0. The largest absolute Gasteiger partial charge is 0.484 e. The van der Waals surface area contributed by atoms with Crippen LogP contribution in [-0.4, -0.2) is 24.1 Å². The van der Waals surface area contributed by atoms with Gasteiger partial charge < -0.3 is 20.7 Å². The smallest absolute Gasteiger partial charge is 0.246 e. The van der Waals surface area contributed by atoms with Gasteiger partial charge in [0.1, 0.15) is 17.4 Å². The fraction of sp³-hybridized carbons (Fsp3) is 0.316. The van der Waals surface area contributed by atoms with E-state index in [9.17, 15) is 4.79 Å². The van der Waals surface area contributed by atoms with Gasteiger partial charge in [-0.1, -0.05) is 18.2 Å². The van der Waals surface area contributed by atoms with Crippen molar-refractivity contribution in [3.05, 3.63) is 48.5 Å². The van der Waals surface area contributed by atoms with Crippen LogP contribution in [0.2, 0.25) is 0 Å². The first kappa shape index (κ1) is 16.2. The summed E-state index contributed by atoms with van der Waals surface area (Å²) in [6.07, 6.45) is 0. The van der Waals surface area contributed by atoms with E-state index in [2.05, 4.69) is 10.2 Å². The second-order valence-corrected chi connectivity index (χ2v) is 6.75. The number of carbonyl (C=O) groups is 1. The normalized spacial score (nSPS) is 16.7. The quantitative estimate of drug-likeness (QED) is 0.850. The third-order valence-corrected chi connectivity index (χ3v) is 4.12. The van der Waals surface area contributed by atoms with E-state index < -0.39 is 5.60 Å². The SMILES string of the molecule is CC(C(=O)Nc1ccccc1)N1CC(C)(C)Oc2cc(N)ccc21. The monoisotopic (exact) mass is 325 g/mol. The summed E-state index contributed by atoms with van der Waals surface area (Å²) in [6, 6.07) is 14.7. The Morgan fingerprint density at radius 1 is 1.25 bits per heavy atom. The molecule has 5 nitrogen and oxygen atoms in total. The molecular weight excluding hydrogens is 302 g/mol. The number of para-hydroxylation sites is 1. The number of nitrogen functional groups attached to an aromatic ring is 1. The molecule has 5 heteroatoms. The van der Waals surface area contributed by atoms with Crippen LogP contribution in [0.25, 0.3) is 0 Å². The molecular formula is C19H23N3O2. The predicted octanol–water partition coefficient (Wildman–Crippen LogP) is 3.27. The van der Waals surface area contributed by atoms with Crippen molar-refractivity contribution in [2.75, 3.05) is 22.5 Å². The van der Waals surface area contributed by atoms with Crippen LogP contribution in [0.4, 0.5) is 17.1 Å². The highest BCUT2D eigenvalue weighted by Crippen LogP contribution is 2.39. The lowest BCUT2D eigenvalue weighted by molar-refractivity contribution is -0.117. The molecule has 0 saturated carbocycles. The second-order valence-electron chi connectivity index (χ2n) is 6.75. The summed E-state index contributed by atoms with van der Waals surface area (Å²) in [6.45, 7) is 6.54. The van der Waals surface area contributed by atoms with Gasteiger partial charge in [-0.15, -0.1) is 0 Å². The van der Waals surface area contributed by atoms with Crippen molar-refractivity contribution in [1.29, 1.82) is 0 Å². The topological polar surface area (TPSA) is 67.6 Å². The van der Waals surface area contributed by atoms with Crippen LogP contribution in [0.3, 0.4) is 0 Å². The summed E-state index contributed by atoms with van der Waals surface area (Å²) in [4.78, 5) is 14.7. The van der Waals surface area contributed by atoms with Gasteiger partial charge >= 0.3 is 0 Å². The number of fused-ring (bicyclic) bond motifs is 1. The van der Waals surface area contributed by atoms with Crippen molar-refractivity contribution < 1.29 is 9.53 Å². The van der Waals surface area contributed by atoms with Crippen LogP contribution < -0.4 is 20.7 Å². The third-order valence-electron chi connectivity index (χ3n) is 4.12. The van der Waals surface area contributed by atoms with Crippen molar-refractivity contribution in [3.8, 4) is 5.75 Å². The molecule has 1 aliphatic heterocycles. The van der Waals surface area contributed by atoms with Gasteiger partial charge in [-0.3, -0.25) is 4.79 Å². The van der Waals surface area contributed by atoms with Gasteiger partial charge in [0.05, 0.1) is 12.2 Å². The second kappa shape index (κ2) is 6.07. The maximum absolute atomic E-state index is 12.7. The van der Waals surface area contributed by atoms with Crippen LogP contribution in [0.5, 0.6) is 5.75 Å². The summed E-state index contributed by atoms with van der Waals surface area (Å²) in [5, 5.41) is 2.96. The van der Waals surface area contributed by atoms with Crippen molar-refractivity contribution in [3.63, 3.8) is 0 Å². The van der Waals surface area contributed by atoms with Crippen LogP contribution in [0.1, 0.15) is 20.8 Å². The van der Waals surface area contributed by atoms with Gasteiger partial charge in [-0.2, -0.15) is 0 Å². The molecule has 0 fully saturated rings. The number of hydrogen-bond acceptors (Lipinski definition) is 4. The van der Waals surface area contributed by atoms with Crippen molar-refractivity contribution in [2.24, 2.45) is 0 Å². The zero-order valence-corrected chi connectivity index (χ0v) is 14.2. The Hall–Kier alpha value is -2.69. The number of carbonyl (C=O) groups excluding carboxylic acids is 1. The van der Waals surface area contributed by atoms with Crippen molar-refractivity contribution >= 4 is 23.0 Å². The minimum Gasteiger partial charge on any atom is -0.484 e. The van der Waals surface area contributed by atoms with E-state index in [0.29, 0.717) is 18.0 Å². The Kier molecular flexibility index (Phi) is 4.09. The average molecular weight is 325 g/mol. The van der Waals surface area contributed by atoms with E-state index >= 15 is 0 Å². The molecule has 0 aliphatic carbocycles. The Balaban J connectivity index is 1.86. The standard InChI is InChI=1S/C19H23N3O2/c1-13(18(23)21-15-7-5-4-6-8-15)22-12-19(2,3)24-17-11-14(20)9-10-16(17)22/h4-11,13H,12,20H2,1-3H3,(H,21,23). The molecule has 1 aliphatic rings. The molecule has 1 atom stereocenters. The first-order chi connectivity index (χ1) is 11.4. The summed E-state index contributed by atoms with van der Waals surface area (Å²) >= 11 is 0. The minimum atomic E-state index is -0.401. The molecule has 2 aromatic carbocycles. The van der Waals surface area contributed by atoms with Crippen LogP contribution >= 0.6 is 0 Å². The Bertz CT molecular complexity index is 744. The minimum absolute atomic E-state index is 0.0540. The fourth-order valence-corrected chi connectivity index (χ4v) is 2.93. The predicted molar refractivity (Wildman–Crippen MR) is 97.4 cm³/mol. The number of amides is 1. The maximum Gasteiger partial charge on any atom is 0.246 e. The number of nitrogens with one attached hydrogen (secondary N) is 1. The zero-order valence-electron chi connectivity index (χ0n) is 14.2. The number of hydrogen-bond donors (Lipinski definition) is 2. The summed E-state index contributed by atoms with van der Waals surface area (Å²) in [5.74, 6) is 0.660. The molecule has 0 spiro atoms. The van der Waals surface area contributed by atoms with Gasteiger partial charge in [-0.05, 0) is 45.0 Å². The van der Waals surface area contributed by atoms with E-state index in [4.69, 9.17) is 10.5 Å². The molecule has 0 saturated heterocycles. The highest BCUT2D eigenvalue weighted by Gasteiger charge is 2.36. The van der Waals surface area contributed by atoms with Crippen molar-refractivity contribution in [2.45, 2.75) is 32.4 Å². The molecule has 3 rings (SSSR count). The van der Waals surface area contributed by atoms with Gasteiger partial charge in [0.25, 0.3) is 0 Å². The Morgan fingerprint density at radius 2 is 1.96 bits per heavy atom. The maximum atomic E-state index is 12.7. The molecule has 24 heavy (non-hydrogen) atoms. The average Bonchev–Trinajstić information content (AvgIpc) is 2.53. The number of ether oxygens (including phenoxy) is 1. The van der Waals surface area contributed by atoms with Gasteiger partial charge in [-0.25, -0.2) is 0 Å². The summed E-state index contributed by atoms with van der Waals surface area (Å²) in [5.41, 5.74) is 7.80. The van der Waals surface area contributed by atoms with E-state index in [1.165, 1.54) is 0 Å². The van der Waals surface area contributed by atoms with Crippen LogP contribution in [-0.2, 0) is 4.79 Å². The molecule has 0 aromatic heterocycles. The summed E-state index contributed by atoms with van der Waals surface area (Å²) < 4.78 is 6.03. The Morgan fingerprint density at radius 3 is 2.67 bits per heavy atom. The first-order valence-electron chi connectivity index (χ1n) is 8.07. The van der Waals surface area contributed by atoms with E-state index in [-0.39, 0.29) is 11.9 Å². The lowest BCUT2D eigenvalue weighted by Gasteiger charge is -2.43. The number of rotatable bonds is 3. The number of benzene rings is 2. The number of nitrogens with zero attached hydrogens (tertiary/aromatic N) is 1. The molecule has 3 N–H and O–H groups in total. The molecule has 126 valence electrons. The van der Waals surface area contributed by atoms with E-state index in [1.54, 1.807) is 0 Å². The van der Waals surface area contributed by atoms with Gasteiger partial charge in [0, 0.05) is 17.4 Å². The summed E-state index contributed by atoms with van der Waals surface area (Å²) in [7, 11) is 0. The molecule has 1 heterocycles. The zero-order chi connectivity index (χ0) is 17.3. The molecule has 0 bridgehead atoms. The van der Waals surface area contributed by atoms with E-state index in [1.807, 2.05) is 69.3 Å². The van der Waals surface area contributed by atoms with E-state index in [0.717, 1.165) is 11.4 Å². The molecule has 1 amide bonds. The van der Waals surface area contributed by atoms with Crippen molar-refractivity contribution in [1.82, 2.24) is 0 Å². The molecule has 2 aromatic rings. The number of nitrogens with two attached hydrogens (primary N) is 1. The Labute approximate surface area is 142 Å².